The molecule has 0 aromatic heterocycles. The van der Waals surface area contributed by atoms with Crippen LogP contribution in [0, 0.1) is 0 Å². The van der Waals surface area contributed by atoms with Crippen LogP contribution in [0.3, 0.4) is 0 Å². The van der Waals surface area contributed by atoms with Crippen molar-refractivity contribution < 1.29 is 13.2 Å². The summed E-state index contributed by atoms with van der Waals surface area (Å²) in [5.74, 6) is -0.346. The molecule has 1 aromatic rings. The highest BCUT2D eigenvalue weighted by atomic mass is 35.5. The maximum atomic E-state index is 12.5. The molecule has 0 radical (unpaired) electrons. The first-order valence-corrected chi connectivity index (χ1v) is 7.91. The monoisotopic (exact) mass is 333 g/mol. The Balaban J connectivity index is 2.45. The van der Waals surface area contributed by atoms with E-state index in [-0.39, 0.29) is 40.4 Å². The summed E-state index contributed by atoms with van der Waals surface area (Å²) in [5, 5.41) is 2.63. The Kier molecular flexibility index (Phi) is 4.28. The number of hydrogen-bond acceptors (Lipinski definition) is 4. The number of piperazine rings is 1. The zero-order chi connectivity index (χ0) is 14.9. The molecule has 108 valence electrons. The van der Waals surface area contributed by atoms with Crippen molar-refractivity contribution in [1.29, 1.82) is 0 Å². The number of rotatable bonds is 3. The van der Waals surface area contributed by atoms with E-state index in [4.69, 9.17) is 29.6 Å². The summed E-state index contributed by atoms with van der Waals surface area (Å²) < 4.78 is 26.1. The number of nitrogens with one attached hydrogen (secondary N) is 1. The third-order valence-electron chi connectivity index (χ3n) is 2.84. The lowest BCUT2D eigenvalue weighted by molar-refractivity contribution is -0.122. The maximum Gasteiger partial charge on any atom is 0.245 e. The van der Waals surface area contributed by atoms with Crippen LogP contribution in [-0.4, -0.2) is 43.3 Å². The van der Waals surface area contributed by atoms with Crippen LogP contribution in [-0.2, 0) is 14.8 Å². The predicted molar refractivity (Wildman–Crippen MR) is 79.1 cm³/mol. The zero-order valence-corrected chi connectivity index (χ0v) is 12.7. The highest BCUT2D eigenvalue weighted by Crippen LogP contribution is 2.26. The molecule has 20 heavy (non-hydrogen) atoms. The second kappa shape index (κ2) is 5.65. The van der Waals surface area contributed by atoms with Gasteiger partial charge in [-0.05, 0) is 12.1 Å². The van der Waals surface area contributed by atoms with E-state index < -0.39 is 10.0 Å². The Labute approximate surface area is 126 Å². The van der Waals surface area contributed by atoms with Gasteiger partial charge in [0.1, 0.15) is 9.88 Å². The normalized spacial score (nSPS) is 16.8. The summed E-state index contributed by atoms with van der Waals surface area (Å²) in [6, 6.07) is 4.30. The number of thiocarbonyl (C=S) groups is 1. The number of nitrogens with two attached hydrogens (primary N) is 1. The van der Waals surface area contributed by atoms with Gasteiger partial charge in [0.05, 0.1) is 11.6 Å². The summed E-state index contributed by atoms with van der Waals surface area (Å²) in [5.41, 5.74) is 5.90. The van der Waals surface area contributed by atoms with Crippen molar-refractivity contribution in [3.8, 4) is 0 Å². The molecule has 0 aliphatic carbocycles. The number of nitrogens with zero attached hydrogens (tertiary/aromatic N) is 1. The summed E-state index contributed by atoms with van der Waals surface area (Å²) >= 11 is 10.8. The molecule has 1 amide bonds. The molecule has 9 heteroatoms. The fraction of sp³-hybridized carbons (Fsp3) is 0.273. The standard InChI is InChI=1S/C11H12ClN3O3S2/c12-8-2-1-7(11(13)19)5-9(8)20(17,18)15-4-3-14-10(16)6-15/h1-2,5H,3-4,6H2,(H2,13,19)(H,14,16). The molecule has 1 heterocycles. The van der Waals surface area contributed by atoms with Gasteiger partial charge in [0.2, 0.25) is 15.9 Å². The van der Waals surface area contributed by atoms with Gasteiger partial charge in [-0.3, -0.25) is 4.79 Å². The van der Waals surface area contributed by atoms with Gasteiger partial charge in [-0.15, -0.1) is 0 Å². The van der Waals surface area contributed by atoms with E-state index in [2.05, 4.69) is 5.32 Å². The van der Waals surface area contributed by atoms with Gasteiger partial charge < -0.3 is 11.1 Å². The van der Waals surface area contributed by atoms with Crippen LogP contribution >= 0.6 is 23.8 Å². The minimum Gasteiger partial charge on any atom is -0.389 e. The predicted octanol–water partition coefficient (Wildman–Crippen LogP) is 0.0947. The fourth-order valence-electron chi connectivity index (χ4n) is 1.81. The molecule has 3 N–H and O–H groups in total. The summed E-state index contributed by atoms with van der Waals surface area (Å²) in [7, 11) is -3.86. The lowest BCUT2D eigenvalue weighted by atomic mass is 10.2. The van der Waals surface area contributed by atoms with Crippen LogP contribution in [0.15, 0.2) is 23.1 Å². The highest BCUT2D eigenvalue weighted by Gasteiger charge is 2.31. The Morgan fingerprint density at radius 2 is 2.15 bits per heavy atom. The van der Waals surface area contributed by atoms with Crippen molar-refractivity contribution in [3.63, 3.8) is 0 Å². The molecule has 1 aliphatic heterocycles. The summed E-state index contributed by atoms with van der Waals surface area (Å²) in [6.07, 6.45) is 0. The van der Waals surface area contributed by atoms with Gasteiger partial charge in [0, 0.05) is 18.7 Å². The lowest BCUT2D eigenvalue weighted by Gasteiger charge is -2.26. The third kappa shape index (κ3) is 2.93. The Hall–Kier alpha value is -1.22. The molecule has 1 aromatic carbocycles. The molecular weight excluding hydrogens is 322 g/mol. The van der Waals surface area contributed by atoms with Gasteiger partial charge in [-0.2, -0.15) is 4.31 Å². The molecule has 1 saturated heterocycles. The minimum absolute atomic E-state index is 0.0657. The number of amides is 1. The number of benzene rings is 1. The van der Waals surface area contributed by atoms with Crippen molar-refractivity contribution in [2.75, 3.05) is 19.6 Å². The number of carbonyl (C=O) groups is 1. The van der Waals surface area contributed by atoms with Crippen molar-refractivity contribution >= 4 is 44.7 Å². The Bertz CT molecular complexity index is 675. The zero-order valence-electron chi connectivity index (χ0n) is 10.3. The van der Waals surface area contributed by atoms with E-state index in [1.807, 2.05) is 0 Å². The first-order valence-electron chi connectivity index (χ1n) is 5.68. The fourth-order valence-corrected chi connectivity index (χ4v) is 3.84. The molecule has 0 unspecified atom stereocenters. The van der Waals surface area contributed by atoms with E-state index in [1.165, 1.54) is 12.1 Å². The number of halogens is 1. The minimum atomic E-state index is -3.86. The molecular formula is C11H12ClN3O3S2. The van der Waals surface area contributed by atoms with Crippen molar-refractivity contribution in [1.82, 2.24) is 9.62 Å². The van der Waals surface area contributed by atoms with E-state index in [9.17, 15) is 13.2 Å². The molecule has 0 atom stereocenters. The number of hydrogen-bond donors (Lipinski definition) is 2. The van der Waals surface area contributed by atoms with Crippen LogP contribution < -0.4 is 11.1 Å². The highest BCUT2D eigenvalue weighted by molar-refractivity contribution is 7.89. The molecule has 2 rings (SSSR count). The smallest absolute Gasteiger partial charge is 0.245 e. The SMILES string of the molecule is NC(=S)c1ccc(Cl)c(S(=O)(=O)N2CCNC(=O)C2)c1. The lowest BCUT2D eigenvalue weighted by Crippen LogP contribution is -2.49. The van der Waals surface area contributed by atoms with Gasteiger partial charge in [-0.1, -0.05) is 29.9 Å². The van der Waals surface area contributed by atoms with Crippen molar-refractivity contribution in [2.45, 2.75) is 4.90 Å². The Morgan fingerprint density at radius 3 is 2.75 bits per heavy atom. The first-order chi connectivity index (χ1) is 9.32. The van der Waals surface area contributed by atoms with Gasteiger partial charge in [0.15, 0.2) is 0 Å². The van der Waals surface area contributed by atoms with Gasteiger partial charge >= 0.3 is 0 Å². The average Bonchev–Trinajstić information content (AvgIpc) is 2.38. The van der Waals surface area contributed by atoms with E-state index in [0.29, 0.717) is 5.56 Å². The maximum absolute atomic E-state index is 12.5. The van der Waals surface area contributed by atoms with Crippen molar-refractivity contribution in [3.05, 3.63) is 28.8 Å². The second-order valence-corrected chi connectivity index (χ2v) is 6.95. The number of sulfonamides is 1. The first kappa shape index (κ1) is 15.2. The van der Waals surface area contributed by atoms with Gasteiger partial charge in [-0.25, -0.2) is 8.42 Å². The summed E-state index contributed by atoms with van der Waals surface area (Å²) in [4.78, 5) is 11.3. The quantitative estimate of drug-likeness (QED) is 0.765. The molecule has 1 aliphatic rings. The third-order valence-corrected chi connectivity index (χ3v) is 5.40. The average molecular weight is 334 g/mol. The largest absolute Gasteiger partial charge is 0.389 e. The molecule has 0 spiro atoms. The molecule has 6 nitrogen and oxygen atoms in total. The van der Waals surface area contributed by atoms with Gasteiger partial charge in [0.25, 0.3) is 0 Å². The van der Waals surface area contributed by atoms with Crippen molar-refractivity contribution in [2.24, 2.45) is 5.73 Å². The van der Waals surface area contributed by atoms with Crippen LogP contribution in [0.2, 0.25) is 5.02 Å². The second-order valence-electron chi connectivity index (χ2n) is 4.20. The molecule has 1 fully saturated rings. The number of carbonyl (C=O) groups excluding carboxylic acids is 1. The van der Waals surface area contributed by atoms with Crippen LogP contribution in [0.25, 0.3) is 0 Å². The molecule has 0 saturated carbocycles. The van der Waals surface area contributed by atoms with E-state index in [0.717, 1.165) is 4.31 Å². The summed E-state index contributed by atoms with van der Waals surface area (Å²) in [6.45, 7) is 0.238. The van der Waals surface area contributed by atoms with Crippen LogP contribution in [0.1, 0.15) is 5.56 Å². The van der Waals surface area contributed by atoms with Crippen LogP contribution in [0.5, 0.6) is 0 Å². The van der Waals surface area contributed by atoms with E-state index >= 15 is 0 Å². The van der Waals surface area contributed by atoms with E-state index in [1.54, 1.807) is 6.07 Å². The topological polar surface area (TPSA) is 92.5 Å². The van der Waals surface area contributed by atoms with Crippen LogP contribution in [0.4, 0.5) is 0 Å². The molecule has 0 bridgehead atoms. The Morgan fingerprint density at radius 1 is 1.45 bits per heavy atom.